The van der Waals surface area contributed by atoms with Gasteiger partial charge in [0.15, 0.2) is 23.3 Å². The number of hydrogen-bond acceptors (Lipinski definition) is 0. The molecule has 0 aliphatic heterocycles. The van der Waals surface area contributed by atoms with Crippen LogP contribution in [0.25, 0.3) is 27.8 Å². The molecule has 1 fully saturated rings. The van der Waals surface area contributed by atoms with Crippen molar-refractivity contribution >= 4 is 5.57 Å². The smallest absolute Gasteiger partial charge is 0.167 e. The van der Waals surface area contributed by atoms with Crippen molar-refractivity contribution < 1.29 is 17.6 Å². The molecule has 0 bridgehead atoms. The minimum absolute atomic E-state index is 0.147. The first-order valence-corrected chi connectivity index (χ1v) is 13.6. The highest BCUT2D eigenvalue weighted by molar-refractivity contribution is 5.74. The van der Waals surface area contributed by atoms with Crippen LogP contribution in [0.1, 0.15) is 69.9 Å². The fourth-order valence-electron chi connectivity index (χ4n) is 6.22. The molecule has 1 unspecified atom stereocenters. The molecule has 37 heavy (non-hydrogen) atoms. The molecule has 0 radical (unpaired) electrons. The molecule has 3 aromatic rings. The Morgan fingerprint density at radius 3 is 1.73 bits per heavy atom. The third kappa shape index (κ3) is 5.12. The van der Waals surface area contributed by atoms with Crippen molar-refractivity contribution in [2.24, 2.45) is 17.8 Å². The Labute approximate surface area is 217 Å². The van der Waals surface area contributed by atoms with Gasteiger partial charge >= 0.3 is 0 Å². The molecule has 0 saturated heterocycles. The lowest BCUT2D eigenvalue weighted by Crippen LogP contribution is -2.22. The van der Waals surface area contributed by atoms with Crippen LogP contribution in [0.4, 0.5) is 17.6 Å². The molecule has 2 aliphatic rings. The molecular formula is C33H34F4. The predicted octanol–water partition coefficient (Wildman–Crippen LogP) is 10.1. The zero-order valence-electron chi connectivity index (χ0n) is 21.6. The van der Waals surface area contributed by atoms with Gasteiger partial charge in [0.1, 0.15) is 0 Å². The molecule has 0 nitrogen and oxygen atoms in total. The average molecular weight is 507 g/mol. The summed E-state index contributed by atoms with van der Waals surface area (Å²) in [6.07, 6.45) is 10.5. The largest absolute Gasteiger partial charge is 0.203 e. The van der Waals surface area contributed by atoms with Crippen molar-refractivity contribution in [3.05, 3.63) is 89.0 Å². The van der Waals surface area contributed by atoms with E-state index in [1.54, 1.807) is 55.5 Å². The third-order valence-electron chi connectivity index (χ3n) is 8.66. The predicted molar refractivity (Wildman–Crippen MR) is 143 cm³/mol. The molecule has 1 atom stereocenters. The topological polar surface area (TPSA) is 0 Å². The van der Waals surface area contributed by atoms with Crippen LogP contribution >= 0.6 is 0 Å². The third-order valence-corrected chi connectivity index (χ3v) is 8.66. The Hall–Kier alpha value is -2.88. The Bertz CT molecular complexity index is 1300. The van der Waals surface area contributed by atoms with Gasteiger partial charge in [-0.25, -0.2) is 17.6 Å². The van der Waals surface area contributed by atoms with Gasteiger partial charge in [-0.1, -0.05) is 81.3 Å². The van der Waals surface area contributed by atoms with E-state index in [2.05, 4.69) is 13.0 Å². The number of benzene rings is 3. The molecule has 0 N–H and O–H groups in total. The maximum absolute atomic E-state index is 15.2. The molecule has 0 aromatic heterocycles. The lowest BCUT2D eigenvalue weighted by Gasteiger charge is -2.34. The number of hydrogen-bond donors (Lipinski definition) is 0. The first-order chi connectivity index (χ1) is 17.9. The van der Waals surface area contributed by atoms with E-state index in [0.717, 1.165) is 36.7 Å². The molecule has 0 spiro atoms. The first-order valence-electron chi connectivity index (χ1n) is 13.6. The van der Waals surface area contributed by atoms with E-state index in [9.17, 15) is 8.78 Å². The van der Waals surface area contributed by atoms with Crippen LogP contribution in [-0.2, 0) is 6.42 Å². The molecule has 0 heterocycles. The highest BCUT2D eigenvalue weighted by Crippen LogP contribution is 2.42. The summed E-state index contributed by atoms with van der Waals surface area (Å²) in [6.45, 7) is 4.10. The van der Waals surface area contributed by atoms with Gasteiger partial charge in [0.25, 0.3) is 0 Å². The van der Waals surface area contributed by atoms with E-state index >= 15 is 8.78 Å². The maximum atomic E-state index is 15.2. The van der Waals surface area contributed by atoms with E-state index in [0.29, 0.717) is 34.6 Å². The SMILES string of the molecule is CCc1ccc(-c2ccc(-c3ccc(C4=CCC(C5CCC(C)CC5)CC4)c(F)c3F)cc2)c(F)c1F. The normalized spacial score (nSPS) is 22.1. The highest BCUT2D eigenvalue weighted by atomic mass is 19.2. The van der Waals surface area contributed by atoms with Gasteiger partial charge in [-0.3, -0.25) is 0 Å². The number of rotatable bonds is 5. The summed E-state index contributed by atoms with van der Waals surface area (Å²) in [5.74, 6) is -1.19. The second-order valence-electron chi connectivity index (χ2n) is 10.9. The maximum Gasteiger partial charge on any atom is 0.167 e. The van der Waals surface area contributed by atoms with Gasteiger partial charge in [0, 0.05) is 16.7 Å². The van der Waals surface area contributed by atoms with Crippen LogP contribution in [-0.4, -0.2) is 0 Å². The van der Waals surface area contributed by atoms with Gasteiger partial charge in [-0.15, -0.1) is 0 Å². The van der Waals surface area contributed by atoms with E-state index in [1.165, 1.54) is 25.7 Å². The van der Waals surface area contributed by atoms with Crippen LogP contribution in [0.15, 0.2) is 54.6 Å². The molecule has 2 aliphatic carbocycles. The van der Waals surface area contributed by atoms with Gasteiger partial charge in [0.05, 0.1) is 0 Å². The summed E-state index contributed by atoms with van der Waals surface area (Å²) in [5.41, 5.74) is 2.84. The Morgan fingerprint density at radius 2 is 1.16 bits per heavy atom. The van der Waals surface area contributed by atoms with Crippen LogP contribution in [0.2, 0.25) is 0 Å². The van der Waals surface area contributed by atoms with E-state index in [4.69, 9.17) is 0 Å². The van der Waals surface area contributed by atoms with Crippen molar-refractivity contribution in [1.29, 1.82) is 0 Å². The van der Waals surface area contributed by atoms with Crippen molar-refractivity contribution in [3.8, 4) is 22.3 Å². The van der Waals surface area contributed by atoms with E-state index in [-0.39, 0.29) is 11.1 Å². The molecule has 5 rings (SSSR count). The molecule has 3 aromatic carbocycles. The van der Waals surface area contributed by atoms with Crippen LogP contribution < -0.4 is 0 Å². The number of aryl methyl sites for hydroxylation is 1. The van der Waals surface area contributed by atoms with Crippen molar-refractivity contribution in [3.63, 3.8) is 0 Å². The summed E-state index contributed by atoms with van der Waals surface area (Å²) < 4.78 is 59.2. The minimum Gasteiger partial charge on any atom is -0.203 e. The highest BCUT2D eigenvalue weighted by Gasteiger charge is 2.28. The second-order valence-corrected chi connectivity index (χ2v) is 10.9. The van der Waals surface area contributed by atoms with Gasteiger partial charge in [-0.05, 0) is 78.5 Å². The molecular weight excluding hydrogens is 472 g/mol. The quantitative estimate of drug-likeness (QED) is 0.302. The van der Waals surface area contributed by atoms with Gasteiger partial charge in [0.2, 0.25) is 0 Å². The number of allylic oxidation sites excluding steroid dienone is 2. The second kappa shape index (κ2) is 10.8. The molecule has 194 valence electrons. The van der Waals surface area contributed by atoms with Crippen molar-refractivity contribution in [1.82, 2.24) is 0 Å². The van der Waals surface area contributed by atoms with Crippen molar-refractivity contribution in [2.75, 3.05) is 0 Å². The van der Waals surface area contributed by atoms with E-state index in [1.807, 2.05) is 0 Å². The molecule has 1 saturated carbocycles. The Balaban J connectivity index is 1.34. The minimum atomic E-state index is -0.894. The summed E-state index contributed by atoms with van der Waals surface area (Å²) in [4.78, 5) is 0. The fraction of sp³-hybridized carbons (Fsp3) is 0.394. The molecule has 0 amide bonds. The Morgan fingerprint density at radius 1 is 0.622 bits per heavy atom. The lowest BCUT2D eigenvalue weighted by atomic mass is 9.71. The summed E-state index contributed by atoms with van der Waals surface area (Å²) in [7, 11) is 0. The van der Waals surface area contributed by atoms with Gasteiger partial charge in [-0.2, -0.15) is 0 Å². The summed E-state index contributed by atoms with van der Waals surface area (Å²) in [5, 5.41) is 0. The Kier molecular flexibility index (Phi) is 7.55. The van der Waals surface area contributed by atoms with Gasteiger partial charge < -0.3 is 0 Å². The fourth-order valence-corrected chi connectivity index (χ4v) is 6.22. The lowest BCUT2D eigenvalue weighted by molar-refractivity contribution is 0.202. The van der Waals surface area contributed by atoms with Crippen LogP contribution in [0.3, 0.4) is 0 Å². The van der Waals surface area contributed by atoms with E-state index < -0.39 is 23.3 Å². The van der Waals surface area contributed by atoms with Crippen LogP contribution in [0.5, 0.6) is 0 Å². The summed E-state index contributed by atoms with van der Waals surface area (Å²) in [6, 6.07) is 12.9. The average Bonchev–Trinajstić information content (AvgIpc) is 2.92. The first kappa shape index (κ1) is 25.8. The zero-order chi connectivity index (χ0) is 26.1. The standard InChI is InChI=1S/C33H34F4/c1-3-21-16-17-27(31(35)30(21)34)25-12-14-26(15-13-25)29-19-18-28(32(36)33(29)37)24-10-8-23(9-11-24)22-6-4-20(2)5-7-22/h10,12-20,22-23H,3-9,11H2,1-2H3. The number of halogens is 4. The monoisotopic (exact) mass is 506 g/mol. The summed E-state index contributed by atoms with van der Waals surface area (Å²) >= 11 is 0. The zero-order valence-corrected chi connectivity index (χ0v) is 21.6. The molecule has 4 heteroatoms. The van der Waals surface area contributed by atoms with Crippen LogP contribution in [0, 0.1) is 41.0 Å². The van der Waals surface area contributed by atoms with Crippen molar-refractivity contribution in [2.45, 2.75) is 65.2 Å².